The number of carbonyl (C=O) groups excluding carboxylic acids is 2. The fourth-order valence-electron chi connectivity index (χ4n) is 2.90. The lowest BCUT2D eigenvalue weighted by molar-refractivity contribution is -0.117. The summed E-state index contributed by atoms with van der Waals surface area (Å²) < 4.78 is 1.12. The zero-order chi connectivity index (χ0) is 19.0. The average molecular weight is 379 g/mol. The Morgan fingerprint density at radius 2 is 1.85 bits per heavy atom. The van der Waals surface area contributed by atoms with E-state index in [9.17, 15) is 9.59 Å². The smallest absolute Gasteiger partial charge is 0.254 e. The third-order valence-corrected chi connectivity index (χ3v) is 6.12. The van der Waals surface area contributed by atoms with Crippen LogP contribution in [0.15, 0.2) is 48.5 Å². The van der Waals surface area contributed by atoms with E-state index in [1.807, 2.05) is 31.2 Å². The second kappa shape index (κ2) is 7.12. The number of nitrogens with one attached hydrogen (secondary N) is 1. The van der Waals surface area contributed by atoms with Gasteiger partial charge in [0.15, 0.2) is 0 Å². The van der Waals surface area contributed by atoms with Crippen molar-refractivity contribution in [2.45, 2.75) is 25.8 Å². The number of anilines is 1. The van der Waals surface area contributed by atoms with Gasteiger partial charge in [0, 0.05) is 24.2 Å². The molecule has 0 radical (unpaired) electrons. The van der Waals surface area contributed by atoms with Gasteiger partial charge in [-0.05, 0) is 56.2 Å². The third kappa shape index (κ3) is 3.71. The molecule has 1 heterocycles. The van der Waals surface area contributed by atoms with Crippen LogP contribution in [0.5, 0.6) is 0 Å². The summed E-state index contributed by atoms with van der Waals surface area (Å²) in [6.45, 7) is 1.99. The summed E-state index contributed by atoms with van der Waals surface area (Å²) >= 11 is 1.61. The Morgan fingerprint density at radius 1 is 1.15 bits per heavy atom. The Morgan fingerprint density at radius 3 is 2.52 bits per heavy atom. The quantitative estimate of drug-likeness (QED) is 0.711. The third-order valence-electron chi connectivity index (χ3n) is 4.92. The fourth-order valence-corrected chi connectivity index (χ4v) is 3.96. The number of hydrogen-bond acceptors (Lipinski definition) is 4. The minimum absolute atomic E-state index is 0.0654. The Bertz CT molecular complexity index is 959. The van der Waals surface area contributed by atoms with Gasteiger partial charge in [-0.15, -0.1) is 11.3 Å². The van der Waals surface area contributed by atoms with Crippen molar-refractivity contribution in [2.75, 3.05) is 12.4 Å². The maximum absolute atomic E-state index is 12.8. The van der Waals surface area contributed by atoms with Crippen LogP contribution in [0.2, 0.25) is 0 Å². The van der Waals surface area contributed by atoms with Gasteiger partial charge in [-0.1, -0.05) is 12.1 Å². The van der Waals surface area contributed by atoms with Crippen LogP contribution in [0, 0.1) is 5.92 Å². The molecule has 4 rings (SSSR count). The number of thiazole rings is 1. The number of nitrogens with zero attached hydrogens (tertiary/aromatic N) is 2. The zero-order valence-corrected chi connectivity index (χ0v) is 16.1. The zero-order valence-electron chi connectivity index (χ0n) is 15.3. The SMILES string of the molecule is CC(c1nc2ccccc2s1)N(C)C(=O)c1ccc(NC(=O)C2CC2)cc1. The molecule has 27 heavy (non-hydrogen) atoms. The molecule has 0 saturated heterocycles. The van der Waals surface area contributed by atoms with Gasteiger partial charge in [-0.3, -0.25) is 9.59 Å². The lowest BCUT2D eigenvalue weighted by Crippen LogP contribution is -2.29. The van der Waals surface area contributed by atoms with Crippen LogP contribution < -0.4 is 5.32 Å². The summed E-state index contributed by atoms with van der Waals surface area (Å²) in [6, 6.07) is 14.9. The molecule has 3 aromatic rings. The van der Waals surface area contributed by atoms with E-state index in [1.54, 1.807) is 47.5 Å². The molecule has 1 saturated carbocycles. The number of hydrogen-bond donors (Lipinski definition) is 1. The molecule has 0 bridgehead atoms. The van der Waals surface area contributed by atoms with Crippen LogP contribution in [0.4, 0.5) is 5.69 Å². The van der Waals surface area contributed by atoms with Crippen molar-refractivity contribution < 1.29 is 9.59 Å². The summed E-state index contributed by atoms with van der Waals surface area (Å²) in [7, 11) is 1.79. The highest BCUT2D eigenvalue weighted by Crippen LogP contribution is 2.31. The van der Waals surface area contributed by atoms with Gasteiger partial charge >= 0.3 is 0 Å². The van der Waals surface area contributed by atoms with Crippen molar-refractivity contribution in [1.29, 1.82) is 0 Å². The van der Waals surface area contributed by atoms with E-state index < -0.39 is 0 Å². The van der Waals surface area contributed by atoms with Crippen molar-refractivity contribution in [3.05, 3.63) is 59.1 Å². The minimum Gasteiger partial charge on any atom is -0.333 e. The van der Waals surface area contributed by atoms with Gasteiger partial charge in [0.25, 0.3) is 5.91 Å². The second-order valence-electron chi connectivity index (χ2n) is 6.95. The standard InChI is InChI=1S/C21H21N3O2S/c1-13(20-23-17-5-3-4-6-18(17)27-20)24(2)21(26)15-9-11-16(12-10-15)22-19(25)14-7-8-14/h3-6,9-14H,7-8H2,1-2H3,(H,22,25). The second-order valence-corrected chi connectivity index (χ2v) is 8.01. The molecule has 2 aromatic carbocycles. The van der Waals surface area contributed by atoms with Crippen LogP contribution in [-0.4, -0.2) is 28.7 Å². The molecule has 0 spiro atoms. The van der Waals surface area contributed by atoms with Crippen molar-refractivity contribution in [2.24, 2.45) is 5.92 Å². The van der Waals surface area contributed by atoms with E-state index in [2.05, 4.69) is 10.3 Å². The topological polar surface area (TPSA) is 62.3 Å². The lowest BCUT2D eigenvalue weighted by atomic mass is 10.1. The number of para-hydroxylation sites is 1. The van der Waals surface area contributed by atoms with Gasteiger partial charge in [0.05, 0.1) is 16.3 Å². The van der Waals surface area contributed by atoms with Crippen molar-refractivity contribution in [3.8, 4) is 0 Å². The number of benzene rings is 2. The van der Waals surface area contributed by atoms with Crippen molar-refractivity contribution in [3.63, 3.8) is 0 Å². The monoisotopic (exact) mass is 379 g/mol. The summed E-state index contributed by atoms with van der Waals surface area (Å²) in [6.07, 6.45) is 1.94. The fraction of sp³-hybridized carbons (Fsp3) is 0.286. The summed E-state index contributed by atoms with van der Waals surface area (Å²) in [5.41, 5.74) is 2.28. The average Bonchev–Trinajstić information content (AvgIpc) is 3.45. The summed E-state index contributed by atoms with van der Waals surface area (Å²) in [5.74, 6) is 0.157. The molecule has 1 aliphatic rings. The predicted molar refractivity (Wildman–Crippen MR) is 108 cm³/mol. The first kappa shape index (κ1) is 17.7. The van der Waals surface area contributed by atoms with Crippen molar-refractivity contribution in [1.82, 2.24) is 9.88 Å². The van der Waals surface area contributed by atoms with Gasteiger partial charge in [0.2, 0.25) is 5.91 Å². The minimum atomic E-state index is -0.121. The van der Waals surface area contributed by atoms with E-state index in [-0.39, 0.29) is 23.8 Å². The van der Waals surface area contributed by atoms with Gasteiger partial charge in [-0.25, -0.2) is 4.98 Å². The summed E-state index contributed by atoms with van der Waals surface area (Å²) in [4.78, 5) is 31.0. The highest BCUT2D eigenvalue weighted by atomic mass is 32.1. The van der Waals surface area contributed by atoms with Gasteiger partial charge in [-0.2, -0.15) is 0 Å². The van der Waals surface area contributed by atoms with E-state index >= 15 is 0 Å². The first-order valence-electron chi connectivity index (χ1n) is 9.06. The molecule has 1 atom stereocenters. The molecule has 1 N–H and O–H groups in total. The molecular weight excluding hydrogens is 358 g/mol. The first-order valence-corrected chi connectivity index (χ1v) is 9.88. The Balaban J connectivity index is 1.46. The number of carbonyl (C=O) groups is 2. The Kier molecular flexibility index (Phi) is 4.66. The predicted octanol–water partition coefficient (Wildman–Crippen LogP) is 4.48. The van der Waals surface area contributed by atoms with E-state index in [1.165, 1.54) is 0 Å². The van der Waals surface area contributed by atoms with E-state index in [0.717, 1.165) is 33.8 Å². The van der Waals surface area contributed by atoms with Crippen molar-refractivity contribution >= 4 is 39.1 Å². The van der Waals surface area contributed by atoms with Crippen LogP contribution in [0.3, 0.4) is 0 Å². The lowest BCUT2D eigenvalue weighted by Gasteiger charge is -2.23. The number of amides is 2. The number of fused-ring (bicyclic) bond motifs is 1. The van der Waals surface area contributed by atoms with Gasteiger partial charge < -0.3 is 10.2 Å². The molecule has 0 aliphatic heterocycles. The molecule has 1 aliphatic carbocycles. The largest absolute Gasteiger partial charge is 0.333 e. The normalized spacial score (nSPS) is 14.7. The maximum Gasteiger partial charge on any atom is 0.254 e. The molecule has 1 fully saturated rings. The van der Waals surface area contributed by atoms with Gasteiger partial charge in [0.1, 0.15) is 5.01 Å². The van der Waals surface area contributed by atoms with E-state index in [0.29, 0.717) is 5.56 Å². The van der Waals surface area contributed by atoms with Crippen LogP contribution in [0.25, 0.3) is 10.2 Å². The molecule has 6 heteroatoms. The van der Waals surface area contributed by atoms with Crippen LogP contribution in [0.1, 0.15) is 41.2 Å². The molecule has 138 valence electrons. The molecule has 5 nitrogen and oxygen atoms in total. The number of aromatic nitrogens is 1. The number of rotatable bonds is 5. The highest BCUT2D eigenvalue weighted by Gasteiger charge is 2.29. The van der Waals surface area contributed by atoms with E-state index in [4.69, 9.17) is 0 Å². The van der Waals surface area contributed by atoms with Crippen LogP contribution in [-0.2, 0) is 4.79 Å². The Labute approximate surface area is 162 Å². The maximum atomic E-state index is 12.8. The van der Waals surface area contributed by atoms with Crippen LogP contribution >= 0.6 is 11.3 Å². The first-order chi connectivity index (χ1) is 13.0. The molecular formula is C21H21N3O2S. The molecule has 1 unspecified atom stereocenters. The Hall–Kier alpha value is -2.73. The molecule has 1 aromatic heterocycles. The summed E-state index contributed by atoms with van der Waals surface area (Å²) in [5, 5.41) is 3.81. The highest BCUT2D eigenvalue weighted by molar-refractivity contribution is 7.18. The molecule has 2 amide bonds.